The average molecular weight is 277 g/mol. The minimum absolute atomic E-state index is 0.190. The van der Waals surface area contributed by atoms with Crippen molar-refractivity contribution in [2.45, 2.75) is 39.5 Å². The molecule has 0 radical (unpaired) electrons. The zero-order chi connectivity index (χ0) is 14.5. The summed E-state index contributed by atoms with van der Waals surface area (Å²) in [4.78, 5) is 4.09. The van der Waals surface area contributed by atoms with E-state index in [0.29, 0.717) is 6.61 Å². The summed E-state index contributed by atoms with van der Waals surface area (Å²) in [6.07, 6.45) is 4.52. The van der Waals surface area contributed by atoms with Gasteiger partial charge in [0.1, 0.15) is 6.61 Å². The topological polar surface area (TPSA) is 53.1 Å². The lowest BCUT2D eigenvalue weighted by Gasteiger charge is -2.11. The van der Waals surface area contributed by atoms with E-state index in [2.05, 4.69) is 11.9 Å². The van der Waals surface area contributed by atoms with Gasteiger partial charge in [-0.1, -0.05) is 13.0 Å². The first-order valence-corrected chi connectivity index (χ1v) is 6.78. The average Bonchev–Trinajstić information content (AvgIpc) is 2.85. The van der Waals surface area contributed by atoms with Crippen LogP contribution in [0.1, 0.15) is 37.6 Å². The molecule has 0 aliphatic rings. The molecule has 108 valence electrons. The third-order valence-corrected chi connectivity index (χ3v) is 3.12. The third-order valence-electron chi connectivity index (χ3n) is 3.12. The van der Waals surface area contributed by atoms with Crippen LogP contribution < -0.4 is 10.5 Å². The van der Waals surface area contributed by atoms with Crippen molar-refractivity contribution in [2.75, 3.05) is 0 Å². The second kappa shape index (κ2) is 6.52. The van der Waals surface area contributed by atoms with E-state index in [4.69, 9.17) is 10.5 Å². The van der Waals surface area contributed by atoms with Crippen molar-refractivity contribution in [1.29, 1.82) is 0 Å². The van der Waals surface area contributed by atoms with Crippen LogP contribution >= 0.6 is 0 Å². The van der Waals surface area contributed by atoms with E-state index in [9.17, 15) is 4.39 Å². The second-order valence-corrected chi connectivity index (χ2v) is 4.85. The van der Waals surface area contributed by atoms with Gasteiger partial charge in [-0.2, -0.15) is 0 Å². The highest BCUT2D eigenvalue weighted by Crippen LogP contribution is 2.22. The Hall–Kier alpha value is -1.88. The second-order valence-electron chi connectivity index (χ2n) is 4.85. The van der Waals surface area contributed by atoms with Crippen molar-refractivity contribution >= 4 is 0 Å². The van der Waals surface area contributed by atoms with Crippen LogP contribution in [0.2, 0.25) is 0 Å². The first-order valence-electron chi connectivity index (χ1n) is 6.78. The van der Waals surface area contributed by atoms with Gasteiger partial charge in [0.25, 0.3) is 0 Å². The summed E-state index contributed by atoms with van der Waals surface area (Å²) in [5.41, 5.74) is 7.41. The van der Waals surface area contributed by atoms with E-state index in [1.165, 1.54) is 6.07 Å². The van der Waals surface area contributed by atoms with Crippen LogP contribution in [0.4, 0.5) is 4.39 Å². The molecule has 0 bridgehead atoms. The smallest absolute Gasteiger partial charge is 0.165 e. The zero-order valence-corrected chi connectivity index (χ0v) is 11.8. The molecule has 0 unspecified atom stereocenters. The van der Waals surface area contributed by atoms with E-state index in [1.807, 2.05) is 11.5 Å². The van der Waals surface area contributed by atoms with E-state index < -0.39 is 0 Å². The standard InChI is InChI=1S/C15H20FN3O/c1-3-6-19-10-18-8-13(19)9-20-15-5-4-12(11(2)17)7-14(15)16/h4-5,7-8,10-11H,3,6,9,17H2,1-2H3/t11-/m0/s1. The maximum absolute atomic E-state index is 13.9. The number of nitrogens with two attached hydrogens (primary N) is 1. The zero-order valence-electron chi connectivity index (χ0n) is 11.8. The molecular weight excluding hydrogens is 257 g/mol. The molecule has 0 aliphatic carbocycles. The molecule has 5 heteroatoms. The molecular formula is C15H20FN3O. The van der Waals surface area contributed by atoms with Crippen LogP contribution in [0.3, 0.4) is 0 Å². The lowest BCUT2D eigenvalue weighted by molar-refractivity contribution is 0.280. The molecule has 0 spiro atoms. The molecule has 2 aromatic rings. The summed E-state index contributed by atoms with van der Waals surface area (Å²) in [6.45, 7) is 5.09. The number of rotatable bonds is 6. The first-order chi connectivity index (χ1) is 9.61. The number of hydrogen-bond donors (Lipinski definition) is 1. The number of ether oxygens (including phenoxy) is 1. The van der Waals surface area contributed by atoms with Gasteiger partial charge in [0.05, 0.1) is 18.2 Å². The number of benzene rings is 1. The predicted octanol–water partition coefficient (Wildman–Crippen LogP) is 3.03. The molecule has 1 aromatic heterocycles. The lowest BCUT2D eigenvalue weighted by atomic mass is 10.1. The van der Waals surface area contributed by atoms with E-state index >= 15 is 0 Å². The van der Waals surface area contributed by atoms with Crippen LogP contribution in [-0.4, -0.2) is 9.55 Å². The molecule has 4 nitrogen and oxygen atoms in total. The van der Waals surface area contributed by atoms with Gasteiger partial charge >= 0.3 is 0 Å². The normalized spacial score (nSPS) is 12.4. The summed E-state index contributed by atoms with van der Waals surface area (Å²) in [7, 11) is 0. The van der Waals surface area contributed by atoms with Gasteiger partial charge in [-0.25, -0.2) is 9.37 Å². The van der Waals surface area contributed by atoms with Gasteiger partial charge in [-0.15, -0.1) is 0 Å². The third kappa shape index (κ3) is 3.36. The van der Waals surface area contributed by atoms with Gasteiger partial charge in [0.15, 0.2) is 11.6 Å². The highest BCUT2D eigenvalue weighted by Gasteiger charge is 2.09. The van der Waals surface area contributed by atoms with Gasteiger partial charge in [-0.3, -0.25) is 0 Å². The molecule has 0 fully saturated rings. The van der Waals surface area contributed by atoms with Crippen molar-refractivity contribution < 1.29 is 9.13 Å². The Morgan fingerprint density at radius 2 is 2.25 bits per heavy atom. The van der Waals surface area contributed by atoms with Crippen molar-refractivity contribution in [1.82, 2.24) is 9.55 Å². The maximum Gasteiger partial charge on any atom is 0.165 e. The molecule has 2 rings (SSSR count). The largest absolute Gasteiger partial charge is 0.484 e. The number of aryl methyl sites for hydroxylation is 1. The van der Waals surface area contributed by atoms with Gasteiger partial charge in [0.2, 0.25) is 0 Å². The minimum atomic E-state index is -0.388. The summed E-state index contributed by atoms with van der Waals surface area (Å²) in [5, 5.41) is 0. The molecule has 0 aliphatic heterocycles. The fraction of sp³-hybridized carbons (Fsp3) is 0.400. The van der Waals surface area contributed by atoms with Gasteiger partial charge < -0.3 is 15.0 Å². The Morgan fingerprint density at radius 3 is 2.90 bits per heavy atom. The van der Waals surface area contributed by atoms with Gasteiger partial charge in [-0.05, 0) is 31.0 Å². The fourth-order valence-electron chi connectivity index (χ4n) is 1.98. The Kier molecular flexibility index (Phi) is 4.74. The Balaban J connectivity index is 2.05. The van der Waals surface area contributed by atoms with Crippen molar-refractivity contribution in [2.24, 2.45) is 5.73 Å². The Labute approximate surface area is 118 Å². The van der Waals surface area contributed by atoms with E-state index in [1.54, 1.807) is 24.7 Å². The molecule has 0 saturated carbocycles. The number of hydrogen-bond acceptors (Lipinski definition) is 3. The molecule has 2 N–H and O–H groups in total. The first kappa shape index (κ1) is 14.5. The lowest BCUT2D eigenvalue weighted by Crippen LogP contribution is -2.07. The minimum Gasteiger partial charge on any atom is -0.484 e. The van der Waals surface area contributed by atoms with E-state index in [-0.39, 0.29) is 17.6 Å². The monoisotopic (exact) mass is 277 g/mol. The van der Waals surface area contributed by atoms with Gasteiger partial charge in [0, 0.05) is 12.6 Å². The Morgan fingerprint density at radius 1 is 1.45 bits per heavy atom. The summed E-state index contributed by atoms with van der Waals surface area (Å²) in [5.74, 6) is -0.153. The van der Waals surface area contributed by atoms with Crippen molar-refractivity contribution in [3.63, 3.8) is 0 Å². The maximum atomic E-state index is 13.9. The van der Waals surface area contributed by atoms with Crippen LogP contribution in [0.15, 0.2) is 30.7 Å². The quantitative estimate of drug-likeness (QED) is 0.883. The Bertz CT molecular complexity index is 566. The van der Waals surface area contributed by atoms with Crippen LogP contribution in [0.25, 0.3) is 0 Å². The predicted molar refractivity (Wildman–Crippen MR) is 75.9 cm³/mol. The molecule has 1 heterocycles. The summed E-state index contributed by atoms with van der Waals surface area (Å²) >= 11 is 0. The number of halogens is 1. The van der Waals surface area contributed by atoms with Crippen molar-refractivity contribution in [3.8, 4) is 5.75 Å². The molecule has 1 aromatic carbocycles. The highest BCUT2D eigenvalue weighted by molar-refractivity contribution is 5.30. The highest BCUT2D eigenvalue weighted by atomic mass is 19.1. The van der Waals surface area contributed by atoms with Crippen LogP contribution in [0, 0.1) is 5.82 Å². The number of imidazole rings is 1. The van der Waals surface area contributed by atoms with Crippen LogP contribution in [-0.2, 0) is 13.2 Å². The SMILES string of the molecule is CCCn1cncc1COc1ccc([C@H](C)N)cc1F. The fourth-order valence-corrected chi connectivity index (χ4v) is 1.98. The summed E-state index contributed by atoms with van der Waals surface area (Å²) in [6, 6.07) is 4.63. The number of aromatic nitrogens is 2. The molecule has 0 amide bonds. The number of nitrogens with zero attached hydrogens (tertiary/aromatic N) is 2. The van der Waals surface area contributed by atoms with Crippen LogP contribution in [0.5, 0.6) is 5.75 Å². The van der Waals surface area contributed by atoms with E-state index in [0.717, 1.165) is 24.2 Å². The summed E-state index contributed by atoms with van der Waals surface area (Å²) < 4.78 is 21.4. The molecule has 1 atom stereocenters. The van der Waals surface area contributed by atoms with Crippen molar-refractivity contribution in [3.05, 3.63) is 47.8 Å². The molecule has 20 heavy (non-hydrogen) atoms. The molecule has 0 saturated heterocycles.